The lowest BCUT2D eigenvalue weighted by Gasteiger charge is -2.02. The fourth-order valence-electron chi connectivity index (χ4n) is 1.34. The van der Waals surface area contributed by atoms with E-state index < -0.39 is 5.97 Å². The Morgan fingerprint density at radius 3 is 3.00 bits per heavy atom. The topological polar surface area (TPSA) is 57.0 Å². The molecule has 0 saturated carbocycles. The second kappa shape index (κ2) is 4.97. The molecule has 17 heavy (non-hydrogen) atoms. The lowest BCUT2D eigenvalue weighted by atomic mass is 10.3. The molecule has 0 aliphatic carbocycles. The van der Waals surface area contributed by atoms with Crippen LogP contribution in [-0.4, -0.2) is 27.3 Å². The van der Waals surface area contributed by atoms with Crippen molar-refractivity contribution in [2.45, 2.75) is 6.92 Å². The van der Waals surface area contributed by atoms with Crippen LogP contribution in [0.4, 0.5) is 0 Å². The van der Waals surface area contributed by atoms with Gasteiger partial charge < -0.3 is 4.74 Å². The van der Waals surface area contributed by atoms with E-state index in [9.17, 15) is 4.79 Å². The minimum Gasteiger partial charge on any atom is -0.462 e. The van der Waals surface area contributed by atoms with Gasteiger partial charge in [0.1, 0.15) is 10.7 Å². The van der Waals surface area contributed by atoms with E-state index in [2.05, 4.69) is 10.1 Å². The average Bonchev–Trinajstić information content (AvgIpc) is 2.72. The molecule has 0 spiro atoms. The van der Waals surface area contributed by atoms with E-state index >= 15 is 0 Å². The molecule has 0 atom stereocenters. The van der Waals surface area contributed by atoms with Crippen LogP contribution in [0.2, 0.25) is 5.15 Å². The predicted octanol–water partition coefficient (Wildman–Crippen LogP) is 2.10. The smallest absolute Gasteiger partial charge is 0.342 e. The summed E-state index contributed by atoms with van der Waals surface area (Å²) < 4.78 is 6.30. The van der Waals surface area contributed by atoms with Gasteiger partial charge in [-0.1, -0.05) is 11.6 Å². The van der Waals surface area contributed by atoms with Crippen molar-refractivity contribution >= 4 is 17.6 Å². The average molecular weight is 252 g/mol. The molecule has 88 valence electrons. The summed E-state index contributed by atoms with van der Waals surface area (Å²) in [5.41, 5.74) is 0.936. The third-order valence-corrected chi connectivity index (χ3v) is 2.46. The SMILES string of the molecule is CCOC(=O)c1cnn(-c2cccnc2)c1Cl. The second-order valence-corrected chi connectivity index (χ2v) is 3.55. The minimum atomic E-state index is -0.479. The van der Waals surface area contributed by atoms with E-state index in [-0.39, 0.29) is 10.7 Å². The van der Waals surface area contributed by atoms with Gasteiger partial charge in [-0.15, -0.1) is 0 Å². The number of ether oxygens (including phenoxy) is 1. The Balaban J connectivity index is 2.37. The number of hydrogen-bond acceptors (Lipinski definition) is 4. The maximum Gasteiger partial charge on any atom is 0.342 e. The van der Waals surface area contributed by atoms with Gasteiger partial charge in [-0.3, -0.25) is 4.98 Å². The van der Waals surface area contributed by atoms with Crippen LogP contribution in [0.3, 0.4) is 0 Å². The number of carbonyl (C=O) groups excluding carboxylic acids is 1. The molecule has 0 amide bonds. The predicted molar refractivity (Wildman–Crippen MR) is 62.3 cm³/mol. The highest BCUT2D eigenvalue weighted by molar-refractivity contribution is 6.32. The molecule has 0 bridgehead atoms. The number of hydrogen-bond donors (Lipinski definition) is 0. The van der Waals surface area contributed by atoms with Crippen LogP contribution in [0.1, 0.15) is 17.3 Å². The second-order valence-electron chi connectivity index (χ2n) is 3.19. The first-order valence-corrected chi connectivity index (χ1v) is 5.43. The zero-order valence-corrected chi connectivity index (χ0v) is 9.89. The lowest BCUT2D eigenvalue weighted by Crippen LogP contribution is -2.04. The summed E-state index contributed by atoms with van der Waals surface area (Å²) >= 11 is 6.06. The van der Waals surface area contributed by atoms with E-state index in [0.717, 1.165) is 0 Å². The monoisotopic (exact) mass is 251 g/mol. The number of pyridine rings is 1. The Morgan fingerprint density at radius 2 is 2.35 bits per heavy atom. The molecule has 0 N–H and O–H groups in total. The molecule has 6 heteroatoms. The normalized spacial score (nSPS) is 10.2. The summed E-state index contributed by atoms with van der Waals surface area (Å²) in [5.74, 6) is -0.479. The van der Waals surface area contributed by atoms with Crippen molar-refractivity contribution < 1.29 is 9.53 Å². The maximum atomic E-state index is 11.5. The van der Waals surface area contributed by atoms with E-state index in [0.29, 0.717) is 12.3 Å². The fourth-order valence-corrected chi connectivity index (χ4v) is 1.61. The van der Waals surface area contributed by atoms with Crippen LogP contribution >= 0.6 is 11.6 Å². The van der Waals surface area contributed by atoms with Crippen molar-refractivity contribution in [2.75, 3.05) is 6.61 Å². The highest BCUT2D eigenvalue weighted by atomic mass is 35.5. The van der Waals surface area contributed by atoms with Crippen molar-refractivity contribution in [3.05, 3.63) is 41.4 Å². The van der Waals surface area contributed by atoms with Gasteiger partial charge in [-0.2, -0.15) is 5.10 Å². The number of esters is 1. The summed E-state index contributed by atoms with van der Waals surface area (Å²) in [4.78, 5) is 15.5. The largest absolute Gasteiger partial charge is 0.462 e. The van der Waals surface area contributed by atoms with E-state index in [1.54, 1.807) is 31.5 Å². The fraction of sp³-hybridized carbons (Fsp3) is 0.182. The summed E-state index contributed by atoms with van der Waals surface area (Å²) in [6.07, 6.45) is 4.63. The zero-order chi connectivity index (χ0) is 12.3. The van der Waals surface area contributed by atoms with Crippen LogP contribution in [-0.2, 0) is 4.74 Å². The number of rotatable bonds is 3. The number of halogens is 1. The maximum absolute atomic E-state index is 11.5. The summed E-state index contributed by atoms with van der Waals surface area (Å²) in [5, 5.41) is 4.25. The van der Waals surface area contributed by atoms with Gasteiger partial charge in [0.05, 0.1) is 24.7 Å². The van der Waals surface area contributed by atoms with Gasteiger partial charge in [0.25, 0.3) is 0 Å². The molecule has 5 nitrogen and oxygen atoms in total. The first-order valence-electron chi connectivity index (χ1n) is 5.05. The number of nitrogens with zero attached hydrogens (tertiary/aromatic N) is 3. The van der Waals surface area contributed by atoms with Crippen LogP contribution in [0.5, 0.6) is 0 Å². The van der Waals surface area contributed by atoms with Crippen LogP contribution in [0, 0.1) is 0 Å². The molecule has 0 fully saturated rings. The molecule has 2 aromatic rings. The van der Waals surface area contributed by atoms with Crippen molar-refractivity contribution in [3.8, 4) is 5.69 Å². The third kappa shape index (κ3) is 2.29. The van der Waals surface area contributed by atoms with Gasteiger partial charge in [-0.05, 0) is 19.1 Å². The van der Waals surface area contributed by atoms with Crippen LogP contribution in [0.15, 0.2) is 30.7 Å². The van der Waals surface area contributed by atoms with Crippen molar-refractivity contribution in [3.63, 3.8) is 0 Å². The zero-order valence-electron chi connectivity index (χ0n) is 9.13. The highest BCUT2D eigenvalue weighted by Crippen LogP contribution is 2.20. The van der Waals surface area contributed by atoms with E-state index in [1.807, 2.05) is 0 Å². The quantitative estimate of drug-likeness (QED) is 0.784. The summed E-state index contributed by atoms with van der Waals surface area (Å²) in [6, 6.07) is 3.55. The third-order valence-electron chi connectivity index (χ3n) is 2.10. The molecule has 2 heterocycles. The molecule has 2 rings (SSSR count). The molecular formula is C11H10ClN3O2. The molecular weight excluding hydrogens is 242 g/mol. The van der Waals surface area contributed by atoms with E-state index in [1.165, 1.54) is 10.9 Å². The first-order chi connectivity index (χ1) is 8.24. The summed E-state index contributed by atoms with van der Waals surface area (Å²) in [7, 11) is 0. The minimum absolute atomic E-state index is 0.219. The van der Waals surface area contributed by atoms with Crippen molar-refractivity contribution in [1.29, 1.82) is 0 Å². The van der Waals surface area contributed by atoms with Gasteiger partial charge in [0, 0.05) is 6.20 Å². The number of aromatic nitrogens is 3. The Labute approximate surface area is 103 Å². The van der Waals surface area contributed by atoms with Crippen LogP contribution < -0.4 is 0 Å². The molecule has 0 saturated heterocycles. The molecule has 0 radical (unpaired) electrons. The summed E-state index contributed by atoms with van der Waals surface area (Å²) in [6.45, 7) is 2.03. The van der Waals surface area contributed by atoms with Gasteiger partial charge in [-0.25, -0.2) is 9.48 Å². The molecule has 0 aliphatic heterocycles. The highest BCUT2D eigenvalue weighted by Gasteiger charge is 2.17. The molecule has 0 aliphatic rings. The standard InChI is InChI=1S/C11H10ClN3O2/c1-2-17-11(16)9-7-14-15(10(9)12)8-4-3-5-13-6-8/h3-7H,2H2,1H3. The molecule has 0 unspecified atom stereocenters. The Morgan fingerprint density at radius 1 is 1.53 bits per heavy atom. The van der Waals surface area contributed by atoms with Gasteiger partial charge in [0.15, 0.2) is 0 Å². The molecule has 2 aromatic heterocycles. The van der Waals surface area contributed by atoms with Crippen molar-refractivity contribution in [1.82, 2.24) is 14.8 Å². The Hall–Kier alpha value is -1.88. The lowest BCUT2D eigenvalue weighted by molar-refractivity contribution is 0.0526. The van der Waals surface area contributed by atoms with Crippen molar-refractivity contribution in [2.24, 2.45) is 0 Å². The van der Waals surface area contributed by atoms with Gasteiger partial charge >= 0.3 is 5.97 Å². The van der Waals surface area contributed by atoms with E-state index in [4.69, 9.17) is 16.3 Å². The Kier molecular flexibility index (Phi) is 3.39. The first kappa shape index (κ1) is 11.6. The Bertz CT molecular complexity index is 525. The molecule has 0 aromatic carbocycles. The van der Waals surface area contributed by atoms with Crippen LogP contribution in [0.25, 0.3) is 5.69 Å². The number of carbonyl (C=O) groups is 1. The van der Waals surface area contributed by atoms with Gasteiger partial charge in [0.2, 0.25) is 0 Å².